The van der Waals surface area contributed by atoms with Gasteiger partial charge >= 0.3 is 6.09 Å². The number of carboxylic acid groups (broad SMARTS) is 1. The minimum atomic E-state index is -1.52. The third kappa shape index (κ3) is 2.38. The van der Waals surface area contributed by atoms with Crippen molar-refractivity contribution in [2.45, 2.75) is 0 Å². The molecule has 2 amide bonds. The lowest BCUT2D eigenvalue weighted by molar-refractivity contribution is 0.0742. The molecule has 3 N–H and O–H groups in total. The molecule has 0 aliphatic rings. The van der Waals surface area contributed by atoms with E-state index >= 15 is 0 Å². The molecule has 0 atom stereocenters. The number of hydrazine groups is 1. The Kier molecular flexibility index (Phi) is 3.28. The Hall–Kier alpha value is -3.26. The molecule has 0 radical (unpaired) electrons. The normalized spacial score (nSPS) is 10.6. The average molecular weight is 297 g/mol. The van der Waals surface area contributed by atoms with E-state index in [-0.39, 0.29) is 10.6 Å². The molecule has 0 unspecified atom stereocenters. The van der Waals surface area contributed by atoms with E-state index in [1.54, 1.807) is 41.5 Å². The van der Waals surface area contributed by atoms with Gasteiger partial charge in [0.05, 0.1) is 17.4 Å². The highest BCUT2D eigenvalue weighted by Gasteiger charge is 2.19. The molecule has 3 aromatic rings. The summed E-state index contributed by atoms with van der Waals surface area (Å²) in [6, 6.07) is 8.28. The van der Waals surface area contributed by atoms with Crippen LogP contribution in [0.15, 0.2) is 48.9 Å². The van der Waals surface area contributed by atoms with E-state index in [9.17, 15) is 9.59 Å². The number of fused-ring (bicyclic) bond motifs is 1. The SMILES string of the molecule is NN(C(=O)O)C(=O)c1ccc2nn(-c3cccnc3)cc2c1. The molecule has 2 aromatic heterocycles. The molecule has 0 fully saturated rings. The Morgan fingerprint density at radius 1 is 1.27 bits per heavy atom. The van der Waals surface area contributed by atoms with Crippen molar-refractivity contribution >= 4 is 22.9 Å². The van der Waals surface area contributed by atoms with Crippen LogP contribution < -0.4 is 5.84 Å². The number of rotatable bonds is 2. The second-order valence-electron chi connectivity index (χ2n) is 4.52. The summed E-state index contributed by atoms with van der Waals surface area (Å²) in [5, 5.41) is 13.9. The number of nitrogens with zero attached hydrogens (tertiary/aromatic N) is 4. The van der Waals surface area contributed by atoms with Gasteiger partial charge < -0.3 is 5.11 Å². The Morgan fingerprint density at radius 2 is 2.09 bits per heavy atom. The molecule has 0 saturated heterocycles. The van der Waals surface area contributed by atoms with Crippen LogP contribution in [-0.2, 0) is 0 Å². The zero-order valence-electron chi connectivity index (χ0n) is 11.2. The molecule has 0 bridgehead atoms. The first-order valence-corrected chi connectivity index (χ1v) is 6.28. The Morgan fingerprint density at radius 3 is 2.77 bits per heavy atom. The first-order chi connectivity index (χ1) is 10.6. The third-order valence-corrected chi connectivity index (χ3v) is 3.09. The summed E-state index contributed by atoms with van der Waals surface area (Å²) in [6.07, 6.45) is 3.52. The van der Waals surface area contributed by atoms with Crippen molar-refractivity contribution in [2.24, 2.45) is 5.84 Å². The number of hydrogen-bond acceptors (Lipinski definition) is 5. The lowest BCUT2D eigenvalue weighted by Crippen LogP contribution is -2.41. The smallest absolute Gasteiger partial charge is 0.429 e. The van der Waals surface area contributed by atoms with Gasteiger partial charge in [0.1, 0.15) is 0 Å². The van der Waals surface area contributed by atoms with Crippen LogP contribution in [0.5, 0.6) is 0 Å². The second kappa shape index (κ2) is 5.26. The number of benzene rings is 1. The summed E-state index contributed by atoms with van der Waals surface area (Å²) in [5.41, 5.74) is 1.61. The van der Waals surface area contributed by atoms with Gasteiger partial charge in [-0.05, 0) is 30.3 Å². The van der Waals surface area contributed by atoms with Gasteiger partial charge in [-0.2, -0.15) is 10.1 Å². The molecule has 8 nitrogen and oxygen atoms in total. The van der Waals surface area contributed by atoms with Crippen molar-refractivity contribution in [2.75, 3.05) is 0 Å². The number of hydrogen-bond donors (Lipinski definition) is 2. The fraction of sp³-hybridized carbons (Fsp3) is 0. The topological polar surface area (TPSA) is 114 Å². The number of amides is 2. The summed E-state index contributed by atoms with van der Waals surface area (Å²) in [5.74, 6) is 4.39. The van der Waals surface area contributed by atoms with Crippen molar-refractivity contribution in [3.8, 4) is 5.69 Å². The van der Waals surface area contributed by atoms with Crippen LogP contribution in [0.2, 0.25) is 0 Å². The maximum atomic E-state index is 11.9. The molecule has 1 aromatic carbocycles. The Balaban J connectivity index is 2.01. The van der Waals surface area contributed by atoms with Gasteiger partial charge in [-0.25, -0.2) is 15.3 Å². The minimum absolute atomic E-state index is 0.146. The van der Waals surface area contributed by atoms with Crippen LogP contribution in [0.25, 0.3) is 16.6 Å². The van der Waals surface area contributed by atoms with Crippen LogP contribution in [0.4, 0.5) is 4.79 Å². The first kappa shape index (κ1) is 13.7. The molecule has 0 saturated carbocycles. The summed E-state index contributed by atoms with van der Waals surface area (Å²) in [6.45, 7) is 0. The Bertz CT molecular complexity index is 859. The summed E-state index contributed by atoms with van der Waals surface area (Å²) < 4.78 is 1.63. The molecule has 3 rings (SSSR count). The van der Waals surface area contributed by atoms with Crippen LogP contribution in [-0.4, -0.2) is 36.9 Å². The largest absolute Gasteiger partial charge is 0.464 e. The molecule has 0 aliphatic carbocycles. The van der Waals surface area contributed by atoms with E-state index in [1.165, 1.54) is 6.07 Å². The van der Waals surface area contributed by atoms with Gasteiger partial charge in [-0.3, -0.25) is 9.78 Å². The predicted octanol–water partition coefficient (Wildman–Crippen LogP) is 1.41. The van der Waals surface area contributed by atoms with Crippen LogP contribution in [0.3, 0.4) is 0 Å². The van der Waals surface area contributed by atoms with Gasteiger partial charge in [0, 0.05) is 23.3 Å². The monoisotopic (exact) mass is 297 g/mol. The zero-order chi connectivity index (χ0) is 15.7. The van der Waals surface area contributed by atoms with Crippen molar-refractivity contribution < 1.29 is 14.7 Å². The highest BCUT2D eigenvalue weighted by Crippen LogP contribution is 2.17. The quantitative estimate of drug-likeness (QED) is 0.420. The van der Waals surface area contributed by atoms with Crippen LogP contribution in [0, 0.1) is 0 Å². The second-order valence-corrected chi connectivity index (χ2v) is 4.52. The van der Waals surface area contributed by atoms with E-state index in [2.05, 4.69) is 10.1 Å². The molecule has 22 heavy (non-hydrogen) atoms. The lowest BCUT2D eigenvalue weighted by Gasteiger charge is -2.09. The maximum Gasteiger partial charge on any atom is 0.429 e. The summed E-state index contributed by atoms with van der Waals surface area (Å²) in [7, 11) is 0. The predicted molar refractivity (Wildman–Crippen MR) is 77.2 cm³/mol. The molecule has 0 aliphatic heterocycles. The Labute approximate surface area is 124 Å². The number of pyridine rings is 1. The molecule has 0 spiro atoms. The number of nitrogens with two attached hydrogens (primary N) is 1. The third-order valence-electron chi connectivity index (χ3n) is 3.09. The highest BCUT2D eigenvalue weighted by atomic mass is 16.4. The highest BCUT2D eigenvalue weighted by molar-refractivity contribution is 6.03. The first-order valence-electron chi connectivity index (χ1n) is 6.28. The fourth-order valence-corrected chi connectivity index (χ4v) is 2.01. The minimum Gasteiger partial charge on any atom is -0.464 e. The van der Waals surface area contributed by atoms with Crippen molar-refractivity contribution in [3.05, 3.63) is 54.5 Å². The average Bonchev–Trinajstić information content (AvgIpc) is 2.97. The van der Waals surface area contributed by atoms with Gasteiger partial charge in [-0.1, -0.05) is 0 Å². The van der Waals surface area contributed by atoms with Crippen molar-refractivity contribution in [1.82, 2.24) is 19.8 Å². The van der Waals surface area contributed by atoms with E-state index in [1.807, 2.05) is 6.07 Å². The van der Waals surface area contributed by atoms with Crippen LogP contribution in [0.1, 0.15) is 10.4 Å². The fourth-order valence-electron chi connectivity index (χ4n) is 2.01. The van der Waals surface area contributed by atoms with Crippen molar-refractivity contribution in [1.29, 1.82) is 0 Å². The molecule has 110 valence electrons. The molecular formula is C14H11N5O3. The lowest BCUT2D eigenvalue weighted by atomic mass is 10.1. The van der Waals surface area contributed by atoms with Gasteiger partial charge in [0.2, 0.25) is 0 Å². The number of aromatic nitrogens is 3. The molecule has 8 heteroatoms. The van der Waals surface area contributed by atoms with E-state index in [0.717, 1.165) is 5.69 Å². The van der Waals surface area contributed by atoms with Crippen molar-refractivity contribution in [3.63, 3.8) is 0 Å². The number of imide groups is 1. The summed E-state index contributed by atoms with van der Waals surface area (Å²) in [4.78, 5) is 26.6. The van der Waals surface area contributed by atoms with Crippen LogP contribution >= 0.6 is 0 Å². The summed E-state index contributed by atoms with van der Waals surface area (Å²) >= 11 is 0. The van der Waals surface area contributed by atoms with E-state index in [0.29, 0.717) is 10.9 Å². The number of carbonyl (C=O) groups excluding carboxylic acids is 1. The van der Waals surface area contributed by atoms with Gasteiger partial charge in [0.25, 0.3) is 5.91 Å². The molecule has 2 heterocycles. The molecular weight excluding hydrogens is 286 g/mol. The van der Waals surface area contributed by atoms with Gasteiger partial charge in [0.15, 0.2) is 0 Å². The zero-order valence-corrected chi connectivity index (χ0v) is 11.2. The van der Waals surface area contributed by atoms with E-state index < -0.39 is 12.0 Å². The number of carbonyl (C=O) groups is 2. The maximum absolute atomic E-state index is 11.9. The van der Waals surface area contributed by atoms with E-state index in [4.69, 9.17) is 10.9 Å². The standard InChI is InChI=1S/C14H11N5O3/c15-19(14(21)22)13(20)9-3-4-12-10(6-9)8-18(17-12)11-2-1-5-16-7-11/h1-8H,15H2,(H,21,22). The van der Waals surface area contributed by atoms with Gasteiger partial charge in [-0.15, -0.1) is 0 Å².